The highest BCUT2D eigenvalue weighted by Gasteiger charge is 2.15. The lowest BCUT2D eigenvalue weighted by Crippen LogP contribution is -2.30. The molecule has 96 valence electrons. The number of carboxylic acids is 1. The van der Waals surface area contributed by atoms with Gasteiger partial charge in [0.2, 0.25) is 0 Å². The third-order valence-corrected chi connectivity index (χ3v) is 2.51. The predicted octanol–water partition coefficient (Wildman–Crippen LogP) is 0.843. The van der Waals surface area contributed by atoms with Crippen molar-refractivity contribution in [2.45, 2.75) is 26.3 Å². The molecular formula is C11H12FN3O3. The van der Waals surface area contributed by atoms with Crippen molar-refractivity contribution in [3.05, 3.63) is 34.3 Å². The molecule has 18 heavy (non-hydrogen) atoms. The molecule has 0 amide bonds. The lowest BCUT2D eigenvalue weighted by atomic mass is 10.2. The van der Waals surface area contributed by atoms with Crippen LogP contribution < -0.4 is 5.56 Å². The highest BCUT2D eigenvalue weighted by Crippen LogP contribution is 2.14. The van der Waals surface area contributed by atoms with Crippen molar-refractivity contribution in [1.82, 2.24) is 14.2 Å². The molecule has 1 N–H and O–H groups in total. The maximum absolute atomic E-state index is 13.2. The van der Waals surface area contributed by atoms with Gasteiger partial charge in [0, 0.05) is 18.2 Å². The Labute approximate surface area is 101 Å². The minimum absolute atomic E-state index is 0.0695. The minimum atomic E-state index is -1.17. The van der Waals surface area contributed by atoms with Crippen molar-refractivity contribution in [3.8, 4) is 0 Å². The van der Waals surface area contributed by atoms with Gasteiger partial charge in [0.15, 0.2) is 0 Å². The predicted molar refractivity (Wildman–Crippen MR) is 61.1 cm³/mol. The third-order valence-electron chi connectivity index (χ3n) is 2.51. The molecule has 0 aromatic carbocycles. The average Bonchev–Trinajstić information content (AvgIpc) is 2.63. The molecule has 0 aliphatic rings. The summed E-state index contributed by atoms with van der Waals surface area (Å²) in [7, 11) is 0. The van der Waals surface area contributed by atoms with Crippen molar-refractivity contribution in [2.75, 3.05) is 0 Å². The second-order valence-electron chi connectivity index (χ2n) is 4.28. The maximum Gasteiger partial charge on any atom is 0.325 e. The first kappa shape index (κ1) is 12.3. The largest absolute Gasteiger partial charge is 0.480 e. The van der Waals surface area contributed by atoms with Crippen molar-refractivity contribution in [2.24, 2.45) is 0 Å². The lowest BCUT2D eigenvalue weighted by Gasteiger charge is -2.11. The number of hydrogen-bond acceptors (Lipinski definition) is 3. The number of rotatable bonds is 3. The van der Waals surface area contributed by atoms with Crippen LogP contribution in [0.5, 0.6) is 0 Å². The standard InChI is InChI=1S/C11H12FN3O3/c1-6(2)10-13-15(5-9(16)17)11(18)8-3-7(12)4-14(8)10/h3-4,6H,5H2,1-2H3,(H,16,17). The monoisotopic (exact) mass is 253 g/mol. The molecular weight excluding hydrogens is 241 g/mol. The number of carboxylic acid groups (broad SMARTS) is 1. The Morgan fingerprint density at radius 3 is 2.78 bits per heavy atom. The number of fused-ring (bicyclic) bond motifs is 1. The van der Waals surface area contributed by atoms with Crippen molar-refractivity contribution in [1.29, 1.82) is 0 Å². The van der Waals surface area contributed by atoms with Crippen LogP contribution >= 0.6 is 0 Å². The summed E-state index contributed by atoms with van der Waals surface area (Å²) in [5.41, 5.74) is -0.529. The SMILES string of the molecule is CC(C)c1nn(CC(=O)O)c(=O)c2cc(F)cn12. The molecule has 2 rings (SSSR count). The summed E-state index contributed by atoms with van der Waals surface area (Å²) in [6.45, 7) is 3.12. The van der Waals surface area contributed by atoms with Crippen LogP contribution in [-0.2, 0) is 11.3 Å². The fourth-order valence-electron chi connectivity index (χ4n) is 1.76. The Balaban J connectivity index is 2.78. The van der Waals surface area contributed by atoms with Crippen LogP contribution in [0.25, 0.3) is 5.52 Å². The Morgan fingerprint density at radius 2 is 2.22 bits per heavy atom. The smallest absolute Gasteiger partial charge is 0.325 e. The molecule has 2 heterocycles. The molecule has 7 heteroatoms. The Morgan fingerprint density at radius 1 is 1.56 bits per heavy atom. The van der Waals surface area contributed by atoms with E-state index >= 15 is 0 Å². The number of carbonyl (C=O) groups is 1. The van der Waals surface area contributed by atoms with E-state index in [9.17, 15) is 14.0 Å². The molecule has 0 atom stereocenters. The average molecular weight is 253 g/mol. The van der Waals surface area contributed by atoms with Crippen LogP contribution in [0.3, 0.4) is 0 Å². The van der Waals surface area contributed by atoms with E-state index in [1.165, 1.54) is 10.6 Å². The first-order valence-corrected chi connectivity index (χ1v) is 5.40. The summed E-state index contributed by atoms with van der Waals surface area (Å²) in [6.07, 6.45) is 1.17. The highest BCUT2D eigenvalue weighted by molar-refractivity contribution is 5.66. The molecule has 2 aromatic heterocycles. The molecule has 6 nitrogen and oxygen atoms in total. The topological polar surface area (TPSA) is 76.6 Å². The zero-order chi connectivity index (χ0) is 13.4. The van der Waals surface area contributed by atoms with E-state index in [4.69, 9.17) is 5.11 Å². The van der Waals surface area contributed by atoms with Crippen molar-refractivity contribution < 1.29 is 14.3 Å². The summed E-state index contributed by atoms with van der Waals surface area (Å²) in [5.74, 6) is -1.35. The van der Waals surface area contributed by atoms with Gasteiger partial charge in [-0.2, -0.15) is 5.10 Å². The van der Waals surface area contributed by atoms with Gasteiger partial charge in [-0.25, -0.2) is 9.07 Å². The quantitative estimate of drug-likeness (QED) is 0.879. The van der Waals surface area contributed by atoms with Crippen LogP contribution in [0.4, 0.5) is 4.39 Å². The first-order valence-electron chi connectivity index (χ1n) is 5.40. The van der Waals surface area contributed by atoms with E-state index in [1.807, 2.05) is 13.8 Å². The molecule has 0 saturated carbocycles. The molecule has 0 aliphatic heterocycles. The first-order chi connectivity index (χ1) is 8.40. The summed E-state index contributed by atoms with van der Waals surface area (Å²) >= 11 is 0. The van der Waals surface area contributed by atoms with Gasteiger partial charge in [-0.3, -0.25) is 14.0 Å². The maximum atomic E-state index is 13.2. The van der Waals surface area contributed by atoms with E-state index in [-0.39, 0.29) is 11.4 Å². The summed E-state index contributed by atoms with van der Waals surface area (Å²) in [5, 5.41) is 12.7. The molecule has 0 saturated heterocycles. The number of aromatic nitrogens is 3. The van der Waals surface area contributed by atoms with E-state index in [0.29, 0.717) is 5.82 Å². The number of halogens is 1. The van der Waals surface area contributed by atoms with Crippen LogP contribution in [-0.4, -0.2) is 25.3 Å². The summed E-state index contributed by atoms with van der Waals surface area (Å²) in [4.78, 5) is 22.6. The molecule has 0 spiro atoms. The van der Waals surface area contributed by atoms with E-state index in [1.54, 1.807) is 0 Å². The van der Waals surface area contributed by atoms with E-state index in [2.05, 4.69) is 5.10 Å². The minimum Gasteiger partial charge on any atom is -0.480 e. The fourth-order valence-corrected chi connectivity index (χ4v) is 1.76. The second-order valence-corrected chi connectivity index (χ2v) is 4.28. The Hall–Kier alpha value is -2.18. The van der Waals surface area contributed by atoms with Gasteiger partial charge >= 0.3 is 5.97 Å². The summed E-state index contributed by atoms with van der Waals surface area (Å²) < 4.78 is 15.4. The van der Waals surface area contributed by atoms with Gasteiger partial charge in [-0.1, -0.05) is 13.8 Å². The van der Waals surface area contributed by atoms with E-state index in [0.717, 1.165) is 10.7 Å². The van der Waals surface area contributed by atoms with E-state index < -0.39 is 23.9 Å². The zero-order valence-electron chi connectivity index (χ0n) is 9.92. The fraction of sp³-hybridized carbons (Fsp3) is 0.364. The van der Waals surface area contributed by atoms with Crippen LogP contribution in [0.15, 0.2) is 17.1 Å². The van der Waals surface area contributed by atoms with Crippen molar-refractivity contribution >= 4 is 11.5 Å². The van der Waals surface area contributed by atoms with Gasteiger partial charge in [-0.15, -0.1) is 0 Å². The van der Waals surface area contributed by atoms with Gasteiger partial charge in [0.25, 0.3) is 5.56 Å². The molecule has 2 aromatic rings. The van der Waals surface area contributed by atoms with Crippen LogP contribution in [0, 0.1) is 5.82 Å². The van der Waals surface area contributed by atoms with Gasteiger partial charge in [0.05, 0.1) is 0 Å². The van der Waals surface area contributed by atoms with Gasteiger partial charge in [0.1, 0.15) is 23.7 Å². The number of hydrogen-bond donors (Lipinski definition) is 1. The molecule has 0 aliphatic carbocycles. The normalized spacial score (nSPS) is 11.3. The lowest BCUT2D eigenvalue weighted by molar-refractivity contribution is -0.138. The van der Waals surface area contributed by atoms with Gasteiger partial charge in [-0.05, 0) is 0 Å². The summed E-state index contributed by atoms with van der Waals surface area (Å²) in [6, 6.07) is 1.08. The van der Waals surface area contributed by atoms with Crippen molar-refractivity contribution in [3.63, 3.8) is 0 Å². The Kier molecular flexibility index (Phi) is 2.90. The number of nitrogens with zero attached hydrogens (tertiary/aromatic N) is 3. The molecule has 0 bridgehead atoms. The second kappa shape index (κ2) is 4.25. The third kappa shape index (κ3) is 1.99. The molecule has 0 radical (unpaired) electrons. The van der Waals surface area contributed by atoms with Gasteiger partial charge < -0.3 is 5.11 Å². The van der Waals surface area contributed by atoms with Crippen LogP contribution in [0.2, 0.25) is 0 Å². The van der Waals surface area contributed by atoms with Crippen LogP contribution in [0.1, 0.15) is 25.6 Å². The molecule has 0 fully saturated rings. The number of aliphatic carboxylic acids is 1. The molecule has 0 unspecified atom stereocenters. The Bertz CT molecular complexity index is 672. The zero-order valence-corrected chi connectivity index (χ0v) is 9.92. The highest BCUT2D eigenvalue weighted by atomic mass is 19.1.